The van der Waals surface area contributed by atoms with Crippen LogP contribution in [0.4, 0.5) is 0 Å². The number of unbranched alkanes of at least 4 members (excludes halogenated alkanes) is 9. The van der Waals surface area contributed by atoms with Crippen LogP contribution in [0.3, 0.4) is 0 Å². The Kier molecular flexibility index (Phi) is 18.6. The molecule has 120 valence electrons. The van der Waals surface area contributed by atoms with Crippen LogP contribution in [0.5, 0.6) is 0 Å². The zero-order valence-corrected chi connectivity index (χ0v) is 17.5. The van der Waals surface area contributed by atoms with Crippen LogP contribution in [-0.2, 0) is 6.42 Å². The van der Waals surface area contributed by atoms with Crippen LogP contribution in [0.25, 0.3) is 0 Å². The van der Waals surface area contributed by atoms with Gasteiger partial charge in [-0.1, -0.05) is 87.6 Å². The van der Waals surface area contributed by atoms with Crippen molar-refractivity contribution in [1.29, 1.82) is 0 Å². The van der Waals surface area contributed by atoms with Crippen molar-refractivity contribution in [2.45, 2.75) is 77.6 Å². The first-order valence-corrected chi connectivity index (χ1v) is 9.18. The molecule has 0 amide bonds. The maximum Gasteiger partial charge on any atom is 2.00 e. The van der Waals surface area contributed by atoms with Crippen molar-refractivity contribution in [3.8, 4) is 5.92 Å². The molecule has 0 aliphatic rings. The Bertz CT molecular complexity index is 410. The second kappa shape index (κ2) is 16.5. The molecule has 0 bridgehead atoms. The number of hydrogen-bond donors (Lipinski definition) is 0. The fourth-order valence-electron chi connectivity index (χ4n) is 2.49. The van der Waals surface area contributed by atoms with E-state index < -0.39 is 0 Å². The van der Waals surface area contributed by atoms with E-state index in [2.05, 4.69) is 12.8 Å². The molecule has 0 atom stereocenters. The summed E-state index contributed by atoms with van der Waals surface area (Å²) in [6, 6.07) is 2.00. The molecule has 0 aliphatic carbocycles. The Morgan fingerprint density at radius 2 is 1.50 bits per heavy atom. The summed E-state index contributed by atoms with van der Waals surface area (Å²) in [7, 11) is 0. The minimum atomic E-state index is 0. The standard InChI is InChI=1S/C18H26ClS.ClH.Mg/c1-3-5-6-7-8-9-10-11-12-13-14-16-15-18(19)20-17(16)4-2;;/h15H,3,5-14H2,1H3;1H;/q-1;;+2/p-1. The molecule has 0 nitrogen and oxygen atoms in total. The third-order valence-corrected chi connectivity index (χ3v) is 4.91. The number of thiophene rings is 1. The number of rotatable bonds is 11. The summed E-state index contributed by atoms with van der Waals surface area (Å²) in [5.41, 5.74) is 1.20. The third-order valence-electron chi connectivity index (χ3n) is 3.69. The van der Waals surface area contributed by atoms with Crippen LogP contribution in [0.1, 0.15) is 81.6 Å². The second-order valence-electron chi connectivity index (χ2n) is 5.46. The quantitative estimate of drug-likeness (QED) is 0.243. The van der Waals surface area contributed by atoms with Gasteiger partial charge in [-0.15, -0.1) is 5.56 Å². The summed E-state index contributed by atoms with van der Waals surface area (Å²) in [5, 5.41) is 0. The van der Waals surface area contributed by atoms with Crippen LogP contribution in [-0.4, -0.2) is 23.1 Å². The Morgan fingerprint density at radius 1 is 1.00 bits per heavy atom. The maximum absolute atomic E-state index is 7.24. The van der Waals surface area contributed by atoms with Crippen molar-refractivity contribution >= 4 is 46.0 Å². The van der Waals surface area contributed by atoms with Crippen LogP contribution in [0.2, 0.25) is 4.34 Å². The van der Waals surface area contributed by atoms with Gasteiger partial charge in [-0.2, -0.15) is 0 Å². The monoisotopic (exact) mass is 368 g/mol. The summed E-state index contributed by atoms with van der Waals surface area (Å²) < 4.78 is 0.779. The molecule has 1 aromatic heterocycles. The van der Waals surface area contributed by atoms with Crippen molar-refractivity contribution in [2.75, 3.05) is 0 Å². The minimum absolute atomic E-state index is 0. The Labute approximate surface area is 168 Å². The zero-order valence-electron chi connectivity index (χ0n) is 13.7. The van der Waals surface area contributed by atoms with Gasteiger partial charge in [-0.3, -0.25) is 5.92 Å². The molecule has 0 spiro atoms. The number of halogens is 2. The van der Waals surface area contributed by atoms with Gasteiger partial charge in [0.1, 0.15) is 0 Å². The molecule has 0 radical (unpaired) electrons. The van der Waals surface area contributed by atoms with Gasteiger partial charge >= 0.3 is 23.1 Å². The molecule has 1 aromatic rings. The van der Waals surface area contributed by atoms with E-state index in [1.54, 1.807) is 0 Å². The van der Waals surface area contributed by atoms with E-state index in [9.17, 15) is 0 Å². The fraction of sp³-hybridized carbons (Fsp3) is 0.667. The third kappa shape index (κ3) is 11.2. The van der Waals surface area contributed by atoms with Gasteiger partial charge in [-0.25, -0.2) is 11.3 Å². The molecule has 0 N–H and O–H groups in total. The van der Waals surface area contributed by atoms with E-state index in [4.69, 9.17) is 18.0 Å². The molecule has 1 heterocycles. The molecule has 22 heavy (non-hydrogen) atoms. The van der Waals surface area contributed by atoms with Crippen molar-refractivity contribution in [1.82, 2.24) is 0 Å². The first-order chi connectivity index (χ1) is 9.77. The average molecular weight is 370 g/mol. The van der Waals surface area contributed by atoms with Gasteiger partial charge in [0.25, 0.3) is 0 Å². The molecule has 0 fully saturated rings. The number of hydrogen-bond acceptors (Lipinski definition) is 1. The van der Waals surface area contributed by atoms with Crippen LogP contribution < -0.4 is 12.4 Å². The second-order valence-corrected chi connectivity index (χ2v) is 7.15. The minimum Gasteiger partial charge on any atom is -1.00 e. The summed E-state index contributed by atoms with van der Waals surface area (Å²) in [6.45, 7) is 2.27. The van der Waals surface area contributed by atoms with Gasteiger partial charge in [0.2, 0.25) is 0 Å². The van der Waals surface area contributed by atoms with Gasteiger partial charge in [-0.05, 0) is 12.5 Å². The van der Waals surface area contributed by atoms with E-state index >= 15 is 0 Å². The molecule has 4 heteroatoms. The summed E-state index contributed by atoms with van der Waals surface area (Å²) in [5.74, 6) is 2.49. The molecular weight excluding hydrogens is 343 g/mol. The Balaban J connectivity index is 0. The van der Waals surface area contributed by atoms with Crippen LogP contribution in [0.15, 0.2) is 6.07 Å². The first-order valence-electron chi connectivity index (χ1n) is 7.99. The van der Waals surface area contributed by atoms with Gasteiger partial charge in [0.15, 0.2) is 0 Å². The zero-order chi connectivity index (χ0) is 14.6. The van der Waals surface area contributed by atoms with E-state index in [0.29, 0.717) is 0 Å². The molecule has 0 saturated carbocycles. The largest absolute Gasteiger partial charge is 2.00 e. The molecule has 1 rings (SSSR count). The van der Waals surface area contributed by atoms with Crippen LogP contribution >= 0.6 is 22.9 Å². The van der Waals surface area contributed by atoms with Crippen molar-refractivity contribution in [2.24, 2.45) is 0 Å². The molecular formula is C18H26Cl2MgS. The Hall–Kier alpha value is 0.606. The molecule has 0 aromatic carbocycles. The van der Waals surface area contributed by atoms with Gasteiger partial charge in [0.05, 0.1) is 4.34 Å². The normalized spacial score (nSPS) is 9.68. The van der Waals surface area contributed by atoms with Gasteiger partial charge < -0.3 is 18.8 Å². The predicted molar refractivity (Wildman–Crippen MR) is 96.9 cm³/mol. The average Bonchev–Trinajstić information content (AvgIpc) is 2.81. The molecule has 0 aliphatic heterocycles. The maximum atomic E-state index is 7.24. The van der Waals surface area contributed by atoms with E-state index in [1.807, 2.05) is 6.07 Å². The summed E-state index contributed by atoms with van der Waals surface area (Å²) in [6.07, 6.45) is 21.9. The smallest absolute Gasteiger partial charge is 1.00 e. The van der Waals surface area contributed by atoms with Crippen molar-refractivity contribution in [3.05, 3.63) is 27.3 Å². The molecule has 0 unspecified atom stereocenters. The van der Waals surface area contributed by atoms with Crippen LogP contribution in [0, 0.1) is 12.3 Å². The first kappa shape index (κ1) is 24.9. The summed E-state index contributed by atoms with van der Waals surface area (Å²) >= 11 is 7.44. The van der Waals surface area contributed by atoms with E-state index in [1.165, 1.54) is 81.1 Å². The SMILES string of the molecule is [C-]#Cc1sc(Cl)cc1CCCCCCCCCCCC.[Cl-].[Mg+2]. The topological polar surface area (TPSA) is 0 Å². The number of aryl methyl sites for hydroxylation is 1. The predicted octanol–water partition coefficient (Wildman–Crippen LogP) is 3.43. The molecule has 0 saturated heterocycles. The fourth-order valence-corrected chi connectivity index (χ4v) is 3.59. The summed E-state index contributed by atoms with van der Waals surface area (Å²) in [4.78, 5) is 0.908. The van der Waals surface area contributed by atoms with Crippen molar-refractivity contribution in [3.63, 3.8) is 0 Å². The van der Waals surface area contributed by atoms with E-state index in [-0.39, 0.29) is 35.5 Å². The Morgan fingerprint density at radius 3 is 2.00 bits per heavy atom. The van der Waals surface area contributed by atoms with E-state index in [0.717, 1.165) is 15.6 Å². The van der Waals surface area contributed by atoms with Gasteiger partial charge in [0, 0.05) is 0 Å². The van der Waals surface area contributed by atoms with Crippen molar-refractivity contribution < 1.29 is 12.4 Å².